The average Bonchev–Trinajstić information content (AvgIpc) is 3.43. The topological polar surface area (TPSA) is 29.5 Å². The normalized spacial score (nSPS) is 14.4. The smallest absolute Gasteiger partial charge is 0.309 e. The number of rotatable bonds is 6. The Balaban J connectivity index is 1.84. The zero-order chi connectivity index (χ0) is 17.9. The van der Waals surface area contributed by atoms with E-state index in [0.29, 0.717) is 6.54 Å². The molecular formula is C21H20FNO2. The first-order chi connectivity index (χ1) is 12.1. The van der Waals surface area contributed by atoms with Crippen molar-refractivity contribution < 1.29 is 13.9 Å². The Kier molecular flexibility index (Phi) is 4.76. The van der Waals surface area contributed by atoms with Crippen LogP contribution in [0.3, 0.4) is 0 Å². The minimum atomic E-state index is -0.280. The summed E-state index contributed by atoms with van der Waals surface area (Å²) >= 11 is 0. The van der Waals surface area contributed by atoms with Gasteiger partial charge in [-0.1, -0.05) is 30.2 Å². The molecule has 3 nitrogen and oxygen atoms in total. The molecule has 25 heavy (non-hydrogen) atoms. The maximum atomic E-state index is 13.2. The van der Waals surface area contributed by atoms with Gasteiger partial charge in [0.2, 0.25) is 0 Å². The van der Waals surface area contributed by atoms with Crippen LogP contribution in [-0.4, -0.2) is 18.6 Å². The van der Waals surface area contributed by atoms with Crippen LogP contribution in [0, 0.1) is 18.2 Å². The minimum absolute atomic E-state index is 0.245. The molecule has 0 saturated heterocycles. The third-order valence-corrected chi connectivity index (χ3v) is 4.59. The van der Waals surface area contributed by atoms with Gasteiger partial charge in [-0.05, 0) is 48.2 Å². The zero-order valence-corrected chi connectivity index (χ0v) is 14.2. The van der Waals surface area contributed by atoms with Crippen LogP contribution in [0.25, 0.3) is 0 Å². The van der Waals surface area contributed by atoms with Gasteiger partial charge in [-0.25, -0.2) is 4.39 Å². The Labute approximate surface area is 147 Å². The number of hydrogen-bond donors (Lipinski definition) is 0. The lowest BCUT2D eigenvalue weighted by Crippen LogP contribution is -2.35. The molecule has 1 saturated carbocycles. The monoisotopic (exact) mass is 337 g/mol. The zero-order valence-electron chi connectivity index (χ0n) is 14.2. The molecule has 128 valence electrons. The Morgan fingerprint density at radius 3 is 2.28 bits per heavy atom. The number of anilines is 1. The molecule has 0 aromatic heterocycles. The fourth-order valence-electron chi connectivity index (χ4n) is 2.91. The first kappa shape index (κ1) is 17.0. The van der Waals surface area contributed by atoms with Crippen LogP contribution in [0.1, 0.15) is 24.0 Å². The highest BCUT2D eigenvalue weighted by Gasteiger charge is 2.46. The van der Waals surface area contributed by atoms with Crippen LogP contribution < -0.4 is 4.90 Å². The number of methoxy groups -OCH3 is 1. The van der Waals surface area contributed by atoms with Gasteiger partial charge in [0.25, 0.3) is 0 Å². The second kappa shape index (κ2) is 6.98. The van der Waals surface area contributed by atoms with E-state index in [1.807, 2.05) is 24.3 Å². The molecule has 0 radical (unpaired) electrons. The maximum Gasteiger partial charge on any atom is 0.309 e. The first-order valence-electron chi connectivity index (χ1n) is 8.22. The number of terminal acetylenes is 1. The van der Waals surface area contributed by atoms with E-state index >= 15 is 0 Å². The molecule has 0 aliphatic heterocycles. The van der Waals surface area contributed by atoms with Gasteiger partial charge >= 0.3 is 5.97 Å². The number of nitrogens with zero attached hydrogens (tertiary/aromatic N) is 1. The summed E-state index contributed by atoms with van der Waals surface area (Å²) in [4.78, 5) is 13.6. The summed E-state index contributed by atoms with van der Waals surface area (Å²) in [6, 6.07) is 14.2. The van der Waals surface area contributed by atoms with Gasteiger partial charge in [-0.15, -0.1) is 6.42 Å². The molecule has 0 spiro atoms. The molecule has 1 aliphatic rings. The number of esters is 1. The summed E-state index contributed by atoms with van der Waals surface area (Å²) in [7, 11) is 1.38. The Morgan fingerprint density at radius 1 is 1.16 bits per heavy atom. The van der Waals surface area contributed by atoms with Crippen LogP contribution in [0.2, 0.25) is 0 Å². The van der Waals surface area contributed by atoms with E-state index in [1.165, 1.54) is 19.2 Å². The van der Waals surface area contributed by atoms with Crippen molar-refractivity contribution in [3.63, 3.8) is 0 Å². The number of benzene rings is 2. The Bertz CT molecular complexity index is 786. The minimum Gasteiger partial charge on any atom is -0.469 e. The fourth-order valence-corrected chi connectivity index (χ4v) is 2.91. The van der Waals surface area contributed by atoms with Crippen LogP contribution >= 0.6 is 0 Å². The summed E-state index contributed by atoms with van der Waals surface area (Å²) in [5, 5.41) is 0. The molecule has 4 heteroatoms. The fraction of sp³-hybridized carbons (Fsp3) is 0.286. The molecule has 1 aliphatic carbocycles. The molecule has 2 aromatic rings. The van der Waals surface area contributed by atoms with Crippen molar-refractivity contribution in [3.8, 4) is 12.3 Å². The van der Waals surface area contributed by atoms with Gasteiger partial charge in [0.05, 0.1) is 13.5 Å². The second-order valence-corrected chi connectivity index (χ2v) is 6.31. The van der Waals surface area contributed by atoms with E-state index in [2.05, 4.69) is 10.8 Å². The number of hydrogen-bond acceptors (Lipinski definition) is 3. The molecule has 2 aromatic carbocycles. The number of ether oxygens (including phenoxy) is 1. The van der Waals surface area contributed by atoms with Gasteiger partial charge < -0.3 is 9.64 Å². The van der Waals surface area contributed by atoms with E-state index in [4.69, 9.17) is 11.2 Å². The van der Waals surface area contributed by atoms with Crippen molar-refractivity contribution in [2.45, 2.75) is 31.3 Å². The third-order valence-electron chi connectivity index (χ3n) is 4.59. The highest BCUT2D eigenvalue weighted by atomic mass is 19.1. The van der Waals surface area contributed by atoms with Crippen molar-refractivity contribution in [2.24, 2.45) is 0 Å². The summed E-state index contributed by atoms with van der Waals surface area (Å²) < 4.78 is 17.8. The van der Waals surface area contributed by atoms with Gasteiger partial charge in [0, 0.05) is 12.2 Å². The molecule has 1 fully saturated rings. The van der Waals surface area contributed by atoms with Gasteiger partial charge in [0.15, 0.2) is 0 Å². The molecular weight excluding hydrogens is 317 g/mol. The molecule has 0 heterocycles. The van der Waals surface area contributed by atoms with Crippen LogP contribution in [-0.2, 0) is 22.5 Å². The molecule has 0 N–H and O–H groups in total. The lowest BCUT2D eigenvalue weighted by Gasteiger charge is -2.31. The molecule has 0 bridgehead atoms. The largest absolute Gasteiger partial charge is 0.469 e. The van der Waals surface area contributed by atoms with Crippen molar-refractivity contribution >= 4 is 11.7 Å². The average molecular weight is 337 g/mol. The van der Waals surface area contributed by atoms with E-state index in [9.17, 15) is 9.18 Å². The Hall–Kier alpha value is -2.80. The van der Waals surface area contributed by atoms with E-state index in [-0.39, 0.29) is 23.7 Å². The predicted molar refractivity (Wildman–Crippen MR) is 95.5 cm³/mol. The number of halogens is 1. The summed E-state index contributed by atoms with van der Waals surface area (Å²) in [5.41, 5.74) is 2.61. The van der Waals surface area contributed by atoms with E-state index in [0.717, 1.165) is 29.7 Å². The lowest BCUT2D eigenvalue weighted by atomic mass is 10.1. The quantitative estimate of drug-likeness (QED) is 0.594. The van der Waals surface area contributed by atoms with E-state index in [1.54, 1.807) is 12.1 Å². The summed E-state index contributed by atoms with van der Waals surface area (Å²) in [6.07, 6.45) is 7.91. The summed E-state index contributed by atoms with van der Waals surface area (Å²) in [5.74, 6) is 2.40. The second-order valence-electron chi connectivity index (χ2n) is 6.31. The molecule has 3 rings (SSSR count). The van der Waals surface area contributed by atoms with Crippen LogP contribution in [0.5, 0.6) is 0 Å². The summed E-state index contributed by atoms with van der Waals surface area (Å²) in [6.45, 7) is 0.612. The van der Waals surface area contributed by atoms with E-state index < -0.39 is 0 Å². The van der Waals surface area contributed by atoms with Crippen LogP contribution in [0.4, 0.5) is 10.1 Å². The lowest BCUT2D eigenvalue weighted by molar-refractivity contribution is -0.139. The molecule has 0 atom stereocenters. The van der Waals surface area contributed by atoms with Crippen molar-refractivity contribution in [3.05, 3.63) is 65.5 Å². The highest BCUT2D eigenvalue weighted by Crippen LogP contribution is 2.44. The third kappa shape index (κ3) is 3.83. The van der Waals surface area contributed by atoms with Gasteiger partial charge in [-0.3, -0.25) is 4.79 Å². The Morgan fingerprint density at radius 2 is 1.76 bits per heavy atom. The standard InChI is InChI=1S/C21H20FNO2/c1-3-21(12-13-21)23(15-17-4-8-18(22)9-5-17)19-10-6-16(7-11-19)14-20(24)25-2/h1,4-11H,12-15H2,2H3. The molecule has 0 unspecified atom stereocenters. The van der Waals surface area contributed by atoms with Crippen molar-refractivity contribution in [1.29, 1.82) is 0 Å². The highest BCUT2D eigenvalue weighted by molar-refractivity contribution is 5.72. The van der Waals surface area contributed by atoms with Gasteiger partial charge in [-0.2, -0.15) is 0 Å². The molecule has 0 amide bonds. The SMILES string of the molecule is C#CC1(N(Cc2ccc(F)cc2)c2ccc(CC(=O)OC)cc2)CC1. The predicted octanol–water partition coefficient (Wildman–Crippen LogP) is 3.71. The maximum absolute atomic E-state index is 13.2. The van der Waals surface area contributed by atoms with Crippen molar-refractivity contribution in [2.75, 3.05) is 12.0 Å². The number of carbonyl (C=O) groups is 1. The first-order valence-corrected chi connectivity index (χ1v) is 8.22. The van der Waals surface area contributed by atoms with Crippen LogP contribution in [0.15, 0.2) is 48.5 Å². The number of carbonyl (C=O) groups excluding carboxylic acids is 1. The van der Waals surface area contributed by atoms with Gasteiger partial charge in [0.1, 0.15) is 11.4 Å². The van der Waals surface area contributed by atoms with Crippen molar-refractivity contribution in [1.82, 2.24) is 0 Å².